The Balaban J connectivity index is 2.42. The summed E-state index contributed by atoms with van der Waals surface area (Å²) in [6, 6.07) is 6.13. The number of aromatic amines is 1. The van der Waals surface area contributed by atoms with Crippen LogP contribution in [0.4, 0.5) is 13.2 Å². The molecule has 1 aromatic carbocycles. The molecular weight excluding hydrogens is 307 g/mol. The van der Waals surface area contributed by atoms with Gasteiger partial charge < -0.3 is 4.98 Å². The highest BCUT2D eigenvalue weighted by molar-refractivity contribution is 6.67. The third-order valence-corrected chi connectivity index (χ3v) is 3.08. The summed E-state index contributed by atoms with van der Waals surface area (Å²) in [6.45, 7) is 0. The molecule has 1 N–H and O–H groups in total. The molecule has 0 bridgehead atoms. The molecule has 0 aliphatic rings. The molecule has 0 aliphatic carbocycles. The largest absolute Gasteiger partial charge is 0.416 e. The maximum atomic E-state index is 12.6. The molecule has 0 atom stereocenters. The van der Waals surface area contributed by atoms with E-state index in [0.717, 1.165) is 12.1 Å². The second-order valence-electron chi connectivity index (χ2n) is 4.36. The molecule has 0 unspecified atom stereocenters. The van der Waals surface area contributed by atoms with Gasteiger partial charge >= 0.3 is 6.18 Å². The van der Waals surface area contributed by atoms with Gasteiger partial charge in [-0.3, -0.25) is 9.59 Å². The molecule has 110 valence electrons. The van der Waals surface area contributed by atoms with Crippen LogP contribution < -0.4 is 5.56 Å². The van der Waals surface area contributed by atoms with E-state index in [1.54, 1.807) is 0 Å². The van der Waals surface area contributed by atoms with E-state index in [-0.39, 0.29) is 17.5 Å². The first-order valence-electron chi connectivity index (χ1n) is 5.85. The van der Waals surface area contributed by atoms with E-state index in [9.17, 15) is 22.8 Å². The summed E-state index contributed by atoms with van der Waals surface area (Å²) in [5, 5.41) is -0.946. The van der Waals surface area contributed by atoms with E-state index in [0.29, 0.717) is 5.56 Å². The molecule has 0 amide bonds. The number of H-pyrrole nitrogens is 1. The first-order valence-corrected chi connectivity index (χ1v) is 6.23. The van der Waals surface area contributed by atoms with Gasteiger partial charge in [-0.15, -0.1) is 0 Å². The van der Waals surface area contributed by atoms with Gasteiger partial charge in [0.05, 0.1) is 5.56 Å². The summed E-state index contributed by atoms with van der Waals surface area (Å²) in [4.78, 5) is 25.1. The van der Waals surface area contributed by atoms with Crippen LogP contribution in [0.3, 0.4) is 0 Å². The maximum Gasteiger partial charge on any atom is 0.416 e. The van der Waals surface area contributed by atoms with Crippen LogP contribution in [0, 0.1) is 0 Å². The van der Waals surface area contributed by atoms with Gasteiger partial charge in [-0.2, -0.15) is 13.2 Å². The zero-order valence-electron chi connectivity index (χ0n) is 10.5. The second kappa shape index (κ2) is 5.73. The topological polar surface area (TPSA) is 49.9 Å². The fraction of sp³-hybridized carbons (Fsp3) is 0.143. The lowest BCUT2D eigenvalue weighted by atomic mass is 10.0. The van der Waals surface area contributed by atoms with Crippen LogP contribution in [0.15, 0.2) is 41.3 Å². The number of carbonyl (C=O) groups excluding carboxylic acids is 1. The summed E-state index contributed by atoms with van der Waals surface area (Å²) in [6.07, 6.45) is -3.13. The molecule has 3 nitrogen and oxygen atoms in total. The Morgan fingerprint density at radius 1 is 1.24 bits per heavy atom. The lowest BCUT2D eigenvalue weighted by molar-refractivity contribution is -0.137. The van der Waals surface area contributed by atoms with Gasteiger partial charge in [0.1, 0.15) is 5.56 Å². The van der Waals surface area contributed by atoms with Crippen molar-refractivity contribution < 1.29 is 18.0 Å². The van der Waals surface area contributed by atoms with Crippen LogP contribution in [-0.2, 0) is 12.6 Å². The van der Waals surface area contributed by atoms with Crippen LogP contribution in [-0.4, -0.2) is 10.2 Å². The van der Waals surface area contributed by atoms with Crippen molar-refractivity contribution in [3.8, 4) is 0 Å². The number of carbonyl (C=O) groups is 1. The van der Waals surface area contributed by atoms with E-state index in [1.165, 1.54) is 24.4 Å². The van der Waals surface area contributed by atoms with Crippen LogP contribution in [0.5, 0.6) is 0 Å². The van der Waals surface area contributed by atoms with Crippen molar-refractivity contribution in [1.29, 1.82) is 0 Å². The van der Waals surface area contributed by atoms with Crippen LogP contribution in [0.1, 0.15) is 27.0 Å². The highest BCUT2D eigenvalue weighted by atomic mass is 35.5. The molecule has 0 spiro atoms. The highest BCUT2D eigenvalue weighted by Gasteiger charge is 2.30. The molecule has 7 heteroatoms. The molecule has 0 saturated carbocycles. The van der Waals surface area contributed by atoms with Crippen molar-refractivity contribution in [3.05, 3.63) is 69.1 Å². The Morgan fingerprint density at radius 3 is 2.57 bits per heavy atom. The lowest BCUT2D eigenvalue weighted by Gasteiger charge is -2.09. The number of nitrogens with one attached hydrogen (secondary N) is 1. The zero-order chi connectivity index (χ0) is 15.6. The predicted octanol–water partition coefficient (Wildman–Crippen LogP) is 3.36. The second-order valence-corrected chi connectivity index (χ2v) is 4.70. The molecule has 2 rings (SSSR count). The number of hydrogen-bond donors (Lipinski definition) is 1. The fourth-order valence-corrected chi connectivity index (χ4v) is 2.17. The minimum absolute atomic E-state index is 0.00162. The molecular formula is C14H9ClF3NO2. The Kier molecular flexibility index (Phi) is 4.18. The van der Waals surface area contributed by atoms with Gasteiger partial charge in [0, 0.05) is 6.20 Å². The monoisotopic (exact) mass is 315 g/mol. The van der Waals surface area contributed by atoms with Gasteiger partial charge in [0.2, 0.25) is 0 Å². The normalized spacial score (nSPS) is 11.4. The number of aromatic nitrogens is 1. The third kappa shape index (κ3) is 3.52. The van der Waals surface area contributed by atoms with Crippen molar-refractivity contribution in [2.45, 2.75) is 12.6 Å². The molecule has 0 fully saturated rings. The van der Waals surface area contributed by atoms with E-state index < -0.39 is 22.5 Å². The number of benzene rings is 1. The fourth-order valence-electron chi connectivity index (χ4n) is 1.96. The molecule has 2 aromatic rings. The Bertz CT molecular complexity index is 737. The quantitative estimate of drug-likeness (QED) is 0.883. The summed E-state index contributed by atoms with van der Waals surface area (Å²) in [5.74, 6) is 0. The molecule has 21 heavy (non-hydrogen) atoms. The number of halogens is 4. The van der Waals surface area contributed by atoms with Gasteiger partial charge in [0.25, 0.3) is 10.8 Å². The number of pyridine rings is 1. The van der Waals surface area contributed by atoms with E-state index >= 15 is 0 Å². The number of rotatable bonds is 3. The minimum Gasteiger partial charge on any atom is -0.328 e. The van der Waals surface area contributed by atoms with Crippen molar-refractivity contribution in [3.63, 3.8) is 0 Å². The average Bonchev–Trinajstić information content (AvgIpc) is 2.37. The number of hydrogen-bond acceptors (Lipinski definition) is 2. The molecule has 1 heterocycles. The Hall–Kier alpha value is -2.08. The van der Waals surface area contributed by atoms with Crippen LogP contribution >= 0.6 is 11.6 Å². The molecule has 1 aromatic heterocycles. The van der Waals surface area contributed by atoms with E-state index in [1.807, 2.05) is 0 Å². The van der Waals surface area contributed by atoms with Crippen molar-refractivity contribution in [1.82, 2.24) is 4.98 Å². The third-order valence-electron chi connectivity index (χ3n) is 2.89. The van der Waals surface area contributed by atoms with Crippen molar-refractivity contribution >= 4 is 16.8 Å². The molecule has 0 aliphatic heterocycles. The standard InChI is InChI=1S/C14H9ClF3NO2/c15-12(20)11-9(4-5-19-13(11)21)6-8-2-1-3-10(7-8)14(16,17)18/h1-5,7H,6H2,(H,19,21). The SMILES string of the molecule is O=C(Cl)c1c(Cc2cccc(C(F)(F)F)c2)cc[nH]c1=O. The van der Waals surface area contributed by atoms with Gasteiger partial charge in [-0.1, -0.05) is 18.2 Å². The summed E-state index contributed by atoms with van der Waals surface area (Å²) in [5.41, 5.74) is -1.10. The first-order chi connectivity index (χ1) is 9.79. The predicted molar refractivity (Wildman–Crippen MR) is 71.5 cm³/mol. The Labute approximate surface area is 122 Å². The summed E-state index contributed by atoms with van der Waals surface area (Å²) < 4.78 is 37.9. The molecule has 0 saturated heterocycles. The van der Waals surface area contributed by atoms with E-state index in [4.69, 9.17) is 11.6 Å². The lowest BCUT2D eigenvalue weighted by Crippen LogP contribution is -2.17. The van der Waals surface area contributed by atoms with E-state index in [2.05, 4.69) is 4.98 Å². The Morgan fingerprint density at radius 2 is 1.95 bits per heavy atom. The maximum absolute atomic E-state index is 12.6. The van der Waals surface area contributed by atoms with Crippen LogP contribution in [0.25, 0.3) is 0 Å². The first kappa shape index (κ1) is 15.3. The van der Waals surface area contributed by atoms with Gasteiger partial charge in [-0.25, -0.2) is 0 Å². The average molecular weight is 316 g/mol. The molecule has 0 radical (unpaired) electrons. The zero-order valence-corrected chi connectivity index (χ0v) is 11.3. The smallest absolute Gasteiger partial charge is 0.328 e. The van der Waals surface area contributed by atoms with Gasteiger partial charge in [0.15, 0.2) is 0 Å². The van der Waals surface area contributed by atoms with Gasteiger partial charge in [-0.05, 0) is 41.3 Å². The summed E-state index contributed by atoms with van der Waals surface area (Å²) >= 11 is 5.34. The van der Waals surface area contributed by atoms with Crippen molar-refractivity contribution in [2.24, 2.45) is 0 Å². The summed E-state index contributed by atoms with van der Waals surface area (Å²) in [7, 11) is 0. The minimum atomic E-state index is -4.45. The van der Waals surface area contributed by atoms with Crippen LogP contribution in [0.2, 0.25) is 0 Å². The highest BCUT2D eigenvalue weighted by Crippen LogP contribution is 2.30. The number of alkyl halides is 3. The van der Waals surface area contributed by atoms with Crippen molar-refractivity contribution in [2.75, 3.05) is 0 Å².